The van der Waals surface area contributed by atoms with E-state index in [1.165, 1.54) is 0 Å². The fourth-order valence-electron chi connectivity index (χ4n) is 2.00. The summed E-state index contributed by atoms with van der Waals surface area (Å²) in [7, 11) is 0. The zero-order valence-electron chi connectivity index (χ0n) is 10.4. The van der Waals surface area contributed by atoms with Gasteiger partial charge >= 0.3 is 0 Å². The largest absolute Gasteiger partial charge is 0.396 e. The lowest BCUT2D eigenvalue weighted by molar-refractivity contribution is 0.883. The molecule has 0 atom stereocenters. The fourth-order valence-corrected chi connectivity index (χ4v) is 2.86. The second-order valence-electron chi connectivity index (χ2n) is 4.34. The van der Waals surface area contributed by atoms with Gasteiger partial charge in [0.15, 0.2) is 0 Å². The third kappa shape index (κ3) is 2.51. The maximum atomic E-state index is 6.10. The molecule has 0 spiro atoms. The first-order chi connectivity index (χ1) is 9.65. The molecule has 0 aliphatic heterocycles. The van der Waals surface area contributed by atoms with E-state index < -0.39 is 0 Å². The van der Waals surface area contributed by atoms with Gasteiger partial charge in [0, 0.05) is 14.5 Å². The van der Waals surface area contributed by atoms with Crippen molar-refractivity contribution in [1.29, 1.82) is 0 Å². The van der Waals surface area contributed by atoms with Gasteiger partial charge in [-0.2, -0.15) is 5.10 Å². The molecule has 1 aromatic heterocycles. The molecule has 3 aromatic rings. The van der Waals surface area contributed by atoms with Gasteiger partial charge in [-0.15, -0.1) is 0 Å². The summed E-state index contributed by atoms with van der Waals surface area (Å²) in [5.74, 6) is 0. The number of nitrogens with two attached hydrogens (primary N) is 1. The molecule has 3 nitrogen and oxygen atoms in total. The van der Waals surface area contributed by atoms with Gasteiger partial charge < -0.3 is 5.73 Å². The first-order valence-corrected chi connectivity index (χ1v) is 7.60. The van der Waals surface area contributed by atoms with Gasteiger partial charge in [0.1, 0.15) is 5.69 Å². The van der Waals surface area contributed by atoms with Crippen LogP contribution in [-0.2, 0) is 0 Å². The van der Waals surface area contributed by atoms with E-state index in [2.05, 4.69) is 37.0 Å². The zero-order chi connectivity index (χ0) is 14.1. The number of hydrogen-bond acceptors (Lipinski definition) is 2. The summed E-state index contributed by atoms with van der Waals surface area (Å²) in [6, 6.07) is 15.8. The van der Waals surface area contributed by atoms with Crippen molar-refractivity contribution in [2.24, 2.45) is 0 Å². The lowest BCUT2D eigenvalue weighted by atomic mass is 10.1. The Bertz CT molecular complexity index is 765. The highest BCUT2D eigenvalue weighted by molar-refractivity contribution is 9.10. The molecule has 0 unspecified atom stereocenters. The highest BCUT2D eigenvalue weighted by Gasteiger charge is 2.12. The number of halogens is 2. The van der Waals surface area contributed by atoms with E-state index in [1.54, 1.807) is 4.68 Å². The Labute approximate surface area is 133 Å². The topological polar surface area (TPSA) is 43.8 Å². The van der Waals surface area contributed by atoms with Crippen molar-refractivity contribution in [2.45, 2.75) is 0 Å². The standard InChI is InChI=1S/C15H11Br2N3/c16-10-4-3-5-11(8-10)20-9-14(18)15(19-20)12-6-1-2-7-13(12)17/h1-9H,18H2. The number of benzene rings is 2. The summed E-state index contributed by atoms with van der Waals surface area (Å²) in [6.07, 6.45) is 1.83. The predicted octanol–water partition coefficient (Wildman–Crippen LogP) is 4.65. The molecular formula is C15H11Br2N3. The van der Waals surface area contributed by atoms with Crippen LogP contribution in [0.3, 0.4) is 0 Å². The Hall–Kier alpha value is -1.59. The van der Waals surface area contributed by atoms with Crippen molar-refractivity contribution in [3.05, 3.63) is 63.7 Å². The van der Waals surface area contributed by atoms with Crippen molar-refractivity contribution >= 4 is 37.5 Å². The summed E-state index contributed by atoms with van der Waals surface area (Å²) >= 11 is 6.99. The molecule has 0 saturated carbocycles. The Kier molecular flexibility index (Phi) is 3.63. The van der Waals surface area contributed by atoms with E-state index >= 15 is 0 Å². The molecule has 0 amide bonds. The van der Waals surface area contributed by atoms with Crippen LogP contribution in [0.2, 0.25) is 0 Å². The Morgan fingerprint density at radius 2 is 1.80 bits per heavy atom. The molecule has 20 heavy (non-hydrogen) atoms. The highest BCUT2D eigenvalue weighted by atomic mass is 79.9. The molecule has 0 aliphatic carbocycles. The lowest BCUT2D eigenvalue weighted by Gasteiger charge is -2.02. The zero-order valence-corrected chi connectivity index (χ0v) is 13.6. The normalized spacial score (nSPS) is 10.7. The second-order valence-corrected chi connectivity index (χ2v) is 6.11. The lowest BCUT2D eigenvalue weighted by Crippen LogP contribution is -1.94. The number of aromatic nitrogens is 2. The number of hydrogen-bond donors (Lipinski definition) is 1. The van der Waals surface area contributed by atoms with Crippen LogP contribution in [0.1, 0.15) is 0 Å². The van der Waals surface area contributed by atoms with Crippen molar-refractivity contribution in [3.63, 3.8) is 0 Å². The molecule has 2 aromatic carbocycles. The van der Waals surface area contributed by atoms with E-state index in [9.17, 15) is 0 Å². The van der Waals surface area contributed by atoms with Crippen molar-refractivity contribution < 1.29 is 0 Å². The summed E-state index contributed by atoms with van der Waals surface area (Å²) in [5, 5.41) is 4.59. The molecule has 5 heteroatoms. The van der Waals surface area contributed by atoms with Gasteiger partial charge in [-0.3, -0.25) is 0 Å². The number of rotatable bonds is 2. The van der Waals surface area contributed by atoms with Crippen LogP contribution in [0.4, 0.5) is 5.69 Å². The van der Waals surface area contributed by atoms with Crippen LogP contribution in [0, 0.1) is 0 Å². The van der Waals surface area contributed by atoms with E-state index in [4.69, 9.17) is 5.73 Å². The van der Waals surface area contributed by atoms with E-state index in [1.807, 2.05) is 54.7 Å². The molecule has 2 N–H and O–H groups in total. The summed E-state index contributed by atoms with van der Waals surface area (Å²) in [4.78, 5) is 0. The minimum absolute atomic E-state index is 0.650. The van der Waals surface area contributed by atoms with E-state index in [0.29, 0.717) is 5.69 Å². The maximum Gasteiger partial charge on any atom is 0.117 e. The fraction of sp³-hybridized carbons (Fsp3) is 0. The number of nitrogens with zero attached hydrogens (tertiary/aromatic N) is 2. The first-order valence-electron chi connectivity index (χ1n) is 6.01. The molecule has 0 bridgehead atoms. The van der Waals surface area contributed by atoms with E-state index in [-0.39, 0.29) is 0 Å². The quantitative estimate of drug-likeness (QED) is 0.689. The maximum absolute atomic E-state index is 6.10. The number of nitrogen functional groups attached to an aromatic ring is 1. The van der Waals surface area contributed by atoms with Crippen molar-refractivity contribution in [2.75, 3.05) is 5.73 Å². The third-order valence-electron chi connectivity index (χ3n) is 2.94. The molecule has 100 valence electrons. The van der Waals surface area contributed by atoms with Gasteiger partial charge in [0.25, 0.3) is 0 Å². The average Bonchev–Trinajstić information content (AvgIpc) is 2.81. The van der Waals surface area contributed by atoms with E-state index in [0.717, 1.165) is 25.9 Å². The van der Waals surface area contributed by atoms with Crippen LogP contribution in [0.5, 0.6) is 0 Å². The molecule has 0 fully saturated rings. The SMILES string of the molecule is Nc1cn(-c2cccc(Br)c2)nc1-c1ccccc1Br. The van der Waals surface area contributed by atoms with Gasteiger partial charge in [-0.1, -0.05) is 56.1 Å². The minimum atomic E-state index is 0.650. The van der Waals surface area contributed by atoms with Crippen LogP contribution < -0.4 is 5.73 Å². The summed E-state index contributed by atoms with van der Waals surface area (Å²) < 4.78 is 3.77. The van der Waals surface area contributed by atoms with Gasteiger partial charge in [0.2, 0.25) is 0 Å². The van der Waals surface area contributed by atoms with Crippen molar-refractivity contribution in [3.8, 4) is 16.9 Å². The van der Waals surface area contributed by atoms with Crippen LogP contribution in [-0.4, -0.2) is 9.78 Å². The molecule has 0 saturated heterocycles. The molecule has 0 radical (unpaired) electrons. The third-order valence-corrected chi connectivity index (χ3v) is 4.13. The predicted molar refractivity (Wildman–Crippen MR) is 88.8 cm³/mol. The molecule has 3 rings (SSSR count). The molecular weight excluding hydrogens is 382 g/mol. The first kappa shape index (κ1) is 13.4. The Morgan fingerprint density at radius 3 is 2.55 bits per heavy atom. The van der Waals surface area contributed by atoms with Crippen LogP contribution in [0.15, 0.2) is 63.7 Å². The minimum Gasteiger partial charge on any atom is -0.396 e. The summed E-state index contributed by atoms with van der Waals surface area (Å²) in [6.45, 7) is 0. The molecule has 1 heterocycles. The van der Waals surface area contributed by atoms with Gasteiger partial charge in [-0.25, -0.2) is 4.68 Å². The van der Waals surface area contributed by atoms with Gasteiger partial charge in [0.05, 0.1) is 17.6 Å². The van der Waals surface area contributed by atoms with Crippen LogP contribution in [0.25, 0.3) is 16.9 Å². The Morgan fingerprint density at radius 1 is 1.00 bits per heavy atom. The second kappa shape index (κ2) is 5.42. The monoisotopic (exact) mass is 391 g/mol. The van der Waals surface area contributed by atoms with Crippen LogP contribution >= 0.6 is 31.9 Å². The number of anilines is 1. The highest BCUT2D eigenvalue weighted by Crippen LogP contribution is 2.31. The average molecular weight is 393 g/mol. The van der Waals surface area contributed by atoms with Gasteiger partial charge in [-0.05, 0) is 24.3 Å². The summed E-state index contributed by atoms with van der Waals surface area (Å²) in [5.41, 5.74) is 9.47. The smallest absolute Gasteiger partial charge is 0.117 e. The van der Waals surface area contributed by atoms with Crippen molar-refractivity contribution in [1.82, 2.24) is 9.78 Å². The Balaban J connectivity index is 2.10. The molecule has 0 aliphatic rings.